The summed E-state index contributed by atoms with van der Waals surface area (Å²) >= 11 is 15.2. The summed E-state index contributed by atoms with van der Waals surface area (Å²) in [5.74, 6) is 0. The predicted molar refractivity (Wildman–Crippen MR) is 86.0 cm³/mol. The summed E-state index contributed by atoms with van der Waals surface area (Å²) < 4.78 is 3.74. The van der Waals surface area contributed by atoms with Gasteiger partial charge in [0.15, 0.2) is 15.9 Å². The molecular weight excluding hydrogens is 379 g/mol. The van der Waals surface area contributed by atoms with Gasteiger partial charge in [-0.25, -0.2) is 9.97 Å². The van der Waals surface area contributed by atoms with Gasteiger partial charge in [-0.15, -0.1) is 0 Å². The van der Waals surface area contributed by atoms with E-state index in [9.17, 15) is 4.79 Å². The molecule has 2 aromatic heterocycles. The molecule has 0 bridgehead atoms. The lowest BCUT2D eigenvalue weighted by Gasteiger charge is -2.07. The Morgan fingerprint density at radius 3 is 2.76 bits per heavy atom. The van der Waals surface area contributed by atoms with Crippen molar-refractivity contribution in [2.45, 2.75) is 6.54 Å². The minimum atomic E-state index is -0.160. The van der Waals surface area contributed by atoms with Gasteiger partial charge in [0.05, 0.1) is 16.6 Å². The number of aryl methyl sites for hydroxylation is 1. The summed E-state index contributed by atoms with van der Waals surface area (Å²) in [5, 5.41) is 0.941. The summed E-state index contributed by atoms with van der Waals surface area (Å²) in [6.07, 6.45) is 1.48. The Labute approximate surface area is 138 Å². The van der Waals surface area contributed by atoms with Crippen molar-refractivity contribution in [3.63, 3.8) is 0 Å². The number of halogens is 3. The molecule has 3 aromatic rings. The molecule has 0 saturated carbocycles. The van der Waals surface area contributed by atoms with E-state index in [2.05, 4.69) is 25.9 Å². The second kappa shape index (κ2) is 5.44. The normalized spacial score (nSPS) is 11.2. The third-order valence-electron chi connectivity index (χ3n) is 3.14. The maximum Gasteiger partial charge on any atom is 0.279 e. The van der Waals surface area contributed by atoms with Crippen molar-refractivity contribution in [3.05, 3.63) is 55.2 Å². The van der Waals surface area contributed by atoms with Gasteiger partial charge in [0.2, 0.25) is 0 Å². The van der Waals surface area contributed by atoms with Crippen molar-refractivity contribution in [2.24, 2.45) is 7.05 Å². The zero-order valence-electron chi connectivity index (χ0n) is 10.8. The molecule has 0 fully saturated rings. The highest BCUT2D eigenvalue weighted by Crippen LogP contribution is 2.23. The van der Waals surface area contributed by atoms with E-state index in [1.54, 1.807) is 23.7 Å². The van der Waals surface area contributed by atoms with Crippen molar-refractivity contribution < 1.29 is 0 Å². The van der Waals surface area contributed by atoms with Crippen LogP contribution in [-0.2, 0) is 13.6 Å². The number of nitrogens with zero attached hydrogens (tertiary/aromatic N) is 4. The Hall–Kier alpha value is -1.37. The Morgan fingerprint density at radius 1 is 1.29 bits per heavy atom. The van der Waals surface area contributed by atoms with Gasteiger partial charge in [0.25, 0.3) is 5.56 Å². The standard InChI is InChI=1S/C13H9BrCl2N4O/c1-19-10-11(18-13(19)14)17-6-20(12(10)21)5-7-2-3-8(15)9(16)4-7/h2-4,6H,5H2,1H3. The number of benzene rings is 1. The largest absolute Gasteiger partial charge is 0.316 e. The fraction of sp³-hybridized carbons (Fsp3) is 0.154. The van der Waals surface area contributed by atoms with Gasteiger partial charge in [-0.3, -0.25) is 9.36 Å². The Morgan fingerprint density at radius 2 is 2.05 bits per heavy atom. The lowest BCUT2D eigenvalue weighted by atomic mass is 10.2. The van der Waals surface area contributed by atoms with Crippen LogP contribution in [0.4, 0.5) is 0 Å². The number of imidazole rings is 1. The van der Waals surface area contributed by atoms with Gasteiger partial charge < -0.3 is 4.57 Å². The van der Waals surface area contributed by atoms with Crippen LogP contribution in [0.15, 0.2) is 34.1 Å². The first-order valence-corrected chi connectivity index (χ1v) is 7.53. The van der Waals surface area contributed by atoms with Crippen LogP contribution in [0.3, 0.4) is 0 Å². The van der Waals surface area contributed by atoms with Crippen molar-refractivity contribution >= 4 is 50.3 Å². The maximum absolute atomic E-state index is 12.5. The molecule has 0 N–H and O–H groups in total. The third-order valence-corrected chi connectivity index (χ3v) is 4.59. The van der Waals surface area contributed by atoms with E-state index in [1.165, 1.54) is 10.9 Å². The highest BCUT2D eigenvalue weighted by molar-refractivity contribution is 9.10. The zero-order chi connectivity index (χ0) is 15.1. The molecule has 0 aliphatic heterocycles. The van der Waals surface area contributed by atoms with Gasteiger partial charge in [0, 0.05) is 7.05 Å². The minimum absolute atomic E-state index is 0.160. The molecule has 0 aliphatic rings. The second-order valence-corrected chi connectivity index (χ2v) is 6.06. The minimum Gasteiger partial charge on any atom is -0.316 e. The molecule has 0 saturated heterocycles. The molecular formula is C13H9BrCl2N4O. The summed E-state index contributed by atoms with van der Waals surface area (Å²) in [5.41, 5.74) is 1.57. The van der Waals surface area contributed by atoms with Crippen LogP contribution >= 0.6 is 39.1 Å². The van der Waals surface area contributed by atoms with Gasteiger partial charge in [-0.05, 0) is 33.6 Å². The highest BCUT2D eigenvalue weighted by atomic mass is 79.9. The summed E-state index contributed by atoms with van der Waals surface area (Å²) in [7, 11) is 1.76. The second-order valence-electron chi connectivity index (χ2n) is 4.54. The molecule has 0 spiro atoms. The predicted octanol–water partition coefficient (Wildman–Crippen LogP) is 3.25. The quantitative estimate of drug-likeness (QED) is 0.634. The first kappa shape index (κ1) is 14.6. The monoisotopic (exact) mass is 386 g/mol. The number of hydrogen-bond donors (Lipinski definition) is 0. The molecule has 0 unspecified atom stereocenters. The van der Waals surface area contributed by atoms with E-state index >= 15 is 0 Å². The van der Waals surface area contributed by atoms with E-state index in [1.807, 2.05) is 6.07 Å². The molecule has 0 atom stereocenters. The number of hydrogen-bond acceptors (Lipinski definition) is 3. The maximum atomic E-state index is 12.5. The SMILES string of the molecule is Cn1c(Br)nc2ncn(Cc3ccc(Cl)c(Cl)c3)c(=O)c21. The average molecular weight is 388 g/mol. The average Bonchev–Trinajstić information content (AvgIpc) is 2.73. The summed E-state index contributed by atoms with van der Waals surface area (Å²) in [4.78, 5) is 20.9. The molecule has 108 valence electrons. The number of fused-ring (bicyclic) bond motifs is 1. The van der Waals surface area contributed by atoms with Crippen molar-refractivity contribution in [1.29, 1.82) is 0 Å². The molecule has 5 nitrogen and oxygen atoms in total. The van der Waals surface area contributed by atoms with Gasteiger partial charge in [-0.1, -0.05) is 29.3 Å². The highest BCUT2D eigenvalue weighted by Gasteiger charge is 2.12. The topological polar surface area (TPSA) is 52.7 Å². The molecule has 2 heterocycles. The van der Waals surface area contributed by atoms with Gasteiger partial charge in [-0.2, -0.15) is 0 Å². The molecule has 0 amide bonds. The zero-order valence-corrected chi connectivity index (χ0v) is 13.9. The molecule has 0 aliphatic carbocycles. The third kappa shape index (κ3) is 2.59. The fourth-order valence-electron chi connectivity index (χ4n) is 2.05. The van der Waals surface area contributed by atoms with Crippen LogP contribution in [0.25, 0.3) is 11.2 Å². The van der Waals surface area contributed by atoms with Crippen molar-refractivity contribution in [1.82, 2.24) is 19.1 Å². The van der Waals surface area contributed by atoms with Crippen LogP contribution in [0.2, 0.25) is 10.0 Å². The van der Waals surface area contributed by atoms with E-state index in [-0.39, 0.29) is 5.56 Å². The van der Waals surface area contributed by atoms with Gasteiger partial charge >= 0.3 is 0 Å². The molecule has 1 aromatic carbocycles. The summed E-state index contributed by atoms with van der Waals surface area (Å²) in [6.45, 7) is 0.363. The van der Waals surface area contributed by atoms with Crippen LogP contribution in [0.5, 0.6) is 0 Å². The lowest BCUT2D eigenvalue weighted by molar-refractivity contribution is 0.741. The Kier molecular flexibility index (Phi) is 3.77. The van der Waals surface area contributed by atoms with E-state index < -0.39 is 0 Å². The van der Waals surface area contributed by atoms with Crippen molar-refractivity contribution in [3.8, 4) is 0 Å². The lowest BCUT2D eigenvalue weighted by Crippen LogP contribution is -2.22. The van der Waals surface area contributed by atoms with Crippen LogP contribution in [-0.4, -0.2) is 19.1 Å². The van der Waals surface area contributed by atoms with Gasteiger partial charge in [0.1, 0.15) is 6.33 Å². The molecule has 8 heteroatoms. The molecule has 21 heavy (non-hydrogen) atoms. The van der Waals surface area contributed by atoms with E-state index in [4.69, 9.17) is 23.2 Å². The Bertz CT molecular complexity index is 903. The first-order valence-electron chi connectivity index (χ1n) is 5.98. The smallest absolute Gasteiger partial charge is 0.279 e. The fourth-order valence-corrected chi connectivity index (χ4v) is 2.71. The van der Waals surface area contributed by atoms with Crippen LogP contribution < -0.4 is 5.56 Å². The Balaban J connectivity index is 2.08. The number of rotatable bonds is 2. The number of aromatic nitrogens is 4. The van der Waals surface area contributed by atoms with E-state index in [0.717, 1.165) is 5.56 Å². The molecule has 3 rings (SSSR count). The van der Waals surface area contributed by atoms with E-state index in [0.29, 0.717) is 32.5 Å². The first-order chi connectivity index (χ1) is 9.97. The van der Waals surface area contributed by atoms with Crippen molar-refractivity contribution in [2.75, 3.05) is 0 Å². The summed E-state index contributed by atoms with van der Waals surface area (Å²) in [6, 6.07) is 5.26. The van der Waals surface area contributed by atoms with Crippen LogP contribution in [0, 0.1) is 0 Å². The van der Waals surface area contributed by atoms with Crippen LogP contribution in [0.1, 0.15) is 5.56 Å². The molecule has 0 radical (unpaired) electrons.